The van der Waals surface area contributed by atoms with Gasteiger partial charge in [-0.25, -0.2) is 0 Å². The Morgan fingerprint density at radius 3 is 2.79 bits per heavy atom. The predicted octanol–water partition coefficient (Wildman–Crippen LogP) is 2.71. The normalized spacial score (nSPS) is 19.7. The van der Waals surface area contributed by atoms with Gasteiger partial charge in [-0.1, -0.05) is 36.4 Å². The van der Waals surface area contributed by atoms with Crippen molar-refractivity contribution in [2.45, 2.75) is 31.2 Å². The molecule has 2 aromatic rings. The zero-order valence-electron chi connectivity index (χ0n) is 10.9. The average Bonchev–Trinajstić information content (AvgIpc) is 2.49. The zero-order valence-corrected chi connectivity index (χ0v) is 10.9. The van der Waals surface area contributed by atoms with E-state index in [9.17, 15) is 0 Å². The summed E-state index contributed by atoms with van der Waals surface area (Å²) in [6.07, 6.45) is 5.35. The van der Waals surface area contributed by atoms with Crippen LogP contribution in [0.4, 0.5) is 0 Å². The first-order valence-corrected chi connectivity index (χ1v) is 6.85. The Balaban J connectivity index is 1.97. The van der Waals surface area contributed by atoms with Gasteiger partial charge in [-0.05, 0) is 36.5 Å². The molecule has 2 unspecified atom stereocenters. The van der Waals surface area contributed by atoms with Gasteiger partial charge in [0.05, 0.1) is 6.04 Å². The van der Waals surface area contributed by atoms with Crippen LogP contribution in [0.15, 0.2) is 48.7 Å². The number of nitrogens with one attached hydrogen (secondary N) is 1. The summed E-state index contributed by atoms with van der Waals surface area (Å²) in [4.78, 5) is 4.60. The molecule has 1 aliphatic carbocycles. The first-order chi connectivity index (χ1) is 9.40. The molecule has 1 heterocycles. The van der Waals surface area contributed by atoms with Gasteiger partial charge in [0.1, 0.15) is 0 Å². The first kappa shape index (κ1) is 12.3. The summed E-state index contributed by atoms with van der Waals surface area (Å²) in [5, 5.41) is 0. The first-order valence-electron chi connectivity index (χ1n) is 6.85. The number of aromatic nitrogens is 1. The van der Waals surface area contributed by atoms with Gasteiger partial charge in [-0.3, -0.25) is 16.3 Å². The third-order valence-corrected chi connectivity index (χ3v) is 3.98. The van der Waals surface area contributed by atoms with Gasteiger partial charge in [0.25, 0.3) is 0 Å². The SMILES string of the molecule is NNC(c1ccccc1)C1CCCc2cccnc21. The second kappa shape index (κ2) is 5.51. The molecular formula is C16H19N3. The fourth-order valence-corrected chi connectivity index (χ4v) is 3.07. The Hall–Kier alpha value is -1.71. The summed E-state index contributed by atoms with van der Waals surface area (Å²) >= 11 is 0. The molecule has 0 saturated heterocycles. The van der Waals surface area contributed by atoms with Crippen LogP contribution in [-0.4, -0.2) is 4.98 Å². The number of hydrogen-bond acceptors (Lipinski definition) is 3. The molecule has 0 saturated carbocycles. The van der Waals surface area contributed by atoms with Gasteiger partial charge < -0.3 is 0 Å². The van der Waals surface area contributed by atoms with Crippen LogP contribution in [0.25, 0.3) is 0 Å². The molecule has 98 valence electrons. The number of rotatable bonds is 3. The fraction of sp³-hybridized carbons (Fsp3) is 0.312. The number of nitrogens with zero attached hydrogens (tertiary/aromatic N) is 1. The number of nitrogens with two attached hydrogens (primary N) is 1. The van der Waals surface area contributed by atoms with E-state index < -0.39 is 0 Å². The van der Waals surface area contributed by atoms with Crippen molar-refractivity contribution in [3.63, 3.8) is 0 Å². The van der Waals surface area contributed by atoms with Crippen molar-refractivity contribution < 1.29 is 0 Å². The largest absolute Gasteiger partial charge is 0.271 e. The molecule has 3 rings (SSSR count). The van der Waals surface area contributed by atoms with Crippen LogP contribution in [0.1, 0.15) is 41.6 Å². The summed E-state index contributed by atoms with van der Waals surface area (Å²) in [6.45, 7) is 0. The highest BCUT2D eigenvalue weighted by molar-refractivity contribution is 5.31. The Bertz CT molecular complexity index is 539. The third-order valence-electron chi connectivity index (χ3n) is 3.98. The Morgan fingerprint density at radius 2 is 2.00 bits per heavy atom. The molecule has 0 radical (unpaired) electrons. The maximum atomic E-state index is 5.81. The molecule has 1 aliphatic rings. The molecule has 0 aliphatic heterocycles. The second-order valence-electron chi connectivity index (χ2n) is 5.10. The lowest BCUT2D eigenvalue weighted by molar-refractivity contribution is 0.400. The van der Waals surface area contributed by atoms with E-state index in [2.05, 4.69) is 40.7 Å². The summed E-state index contributed by atoms with van der Waals surface area (Å²) in [7, 11) is 0. The monoisotopic (exact) mass is 253 g/mol. The van der Waals surface area contributed by atoms with E-state index in [1.54, 1.807) is 0 Å². The lowest BCUT2D eigenvalue weighted by atomic mass is 9.80. The van der Waals surface area contributed by atoms with E-state index in [0.717, 1.165) is 12.8 Å². The number of fused-ring (bicyclic) bond motifs is 1. The third kappa shape index (κ3) is 2.39. The van der Waals surface area contributed by atoms with Crippen molar-refractivity contribution in [3.8, 4) is 0 Å². The standard InChI is InChI=1S/C16H19N3/c17-19-16(13-6-2-1-3-7-13)14-10-4-8-12-9-5-11-18-15(12)14/h1-3,5-7,9,11,14,16,19H,4,8,10,17H2. The summed E-state index contributed by atoms with van der Waals surface area (Å²) in [6, 6.07) is 14.7. The van der Waals surface area contributed by atoms with Crippen molar-refractivity contribution in [1.29, 1.82) is 0 Å². The molecule has 0 amide bonds. The minimum Gasteiger partial charge on any atom is -0.271 e. The van der Waals surface area contributed by atoms with E-state index in [4.69, 9.17) is 5.84 Å². The fourth-order valence-electron chi connectivity index (χ4n) is 3.07. The molecule has 19 heavy (non-hydrogen) atoms. The van der Waals surface area contributed by atoms with Gasteiger partial charge in [-0.2, -0.15) is 0 Å². The minimum atomic E-state index is 0.134. The van der Waals surface area contributed by atoms with E-state index in [1.165, 1.54) is 23.2 Å². The number of hydrogen-bond donors (Lipinski definition) is 2. The number of benzene rings is 1. The minimum absolute atomic E-state index is 0.134. The van der Waals surface area contributed by atoms with Crippen LogP contribution in [0.5, 0.6) is 0 Å². The zero-order chi connectivity index (χ0) is 13.1. The summed E-state index contributed by atoms with van der Waals surface area (Å²) in [5.74, 6) is 6.17. The van der Waals surface area contributed by atoms with Crippen LogP contribution < -0.4 is 11.3 Å². The van der Waals surface area contributed by atoms with Crippen molar-refractivity contribution in [3.05, 3.63) is 65.5 Å². The number of pyridine rings is 1. The Morgan fingerprint density at radius 1 is 1.16 bits per heavy atom. The highest BCUT2D eigenvalue weighted by Gasteiger charge is 2.29. The highest BCUT2D eigenvalue weighted by Crippen LogP contribution is 2.38. The molecule has 0 spiro atoms. The summed E-state index contributed by atoms with van der Waals surface area (Å²) < 4.78 is 0. The van der Waals surface area contributed by atoms with Crippen LogP contribution >= 0.6 is 0 Å². The van der Waals surface area contributed by atoms with Crippen LogP contribution in [-0.2, 0) is 6.42 Å². The van der Waals surface area contributed by atoms with Crippen LogP contribution in [0.3, 0.4) is 0 Å². The van der Waals surface area contributed by atoms with Crippen molar-refractivity contribution >= 4 is 0 Å². The average molecular weight is 253 g/mol. The van der Waals surface area contributed by atoms with E-state index >= 15 is 0 Å². The Kier molecular flexibility index (Phi) is 3.58. The molecular weight excluding hydrogens is 234 g/mol. The molecule has 0 fully saturated rings. The van der Waals surface area contributed by atoms with Gasteiger partial charge in [-0.15, -0.1) is 0 Å². The van der Waals surface area contributed by atoms with Crippen LogP contribution in [0, 0.1) is 0 Å². The highest BCUT2D eigenvalue weighted by atomic mass is 15.2. The number of hydrazine groups is 1. The van der Waals surface area contributed by atoms with Crippen molar-refractivity contribution in [2.24, 2.45) is 5.84 Å². The van der Waals surface area contributed by atoms with Gasteiger partial charge in [0, 0.05) is 17.8 Å². The molecule has 0 bridgehead atoms. The molecule has 1 aromatic carbocycles. The molecule has 3 N–H and O–H groups in total. The smallest absolute Gasteiger partial charge is 0.0543 e. The maximum absolute atomic E-state index is 5.81. The Labute approximate surface area is 113 Å². The van der Waals surface area contributed by atoms with Gasteiger partial charge in [0.2, 0.25) is 0 Å². The van der Waals surface area contributed by atoms with Crippen molar-refractivity contribution in [2.75, 3.05) is 0 Å². The second-order valence-corrected chi connectivity index (χ2v) is 5.10. The maximum Gasteiger partial charge on any atom is 0.0543 e. The lowest BCUT2D eigenvalue weighted by Crippen LogP contribution is -2.34. The quantitative estimate of drug-likeness (QED) is 0.653. The molecule has 3 nitrogen and oxygen atoms in total. The molecule has 3 heteroatoms. The molecule has 1 aromatic heterocycles. The topological polar surface area (TPSA) is 50.9 Å². The van der Waals surface area contributed by atoms with E-state index in [-0.39, 0.29) is 6.04 Å². The van der Waals surface area contributed by atoms with Gasteiger partial charge >= 0.3 is 0 Å². The van der Waals surface area contributed by atoms with Gasteiger partial charge in [0.15, 0.2) is 0 Å². The lowest BCUT2D eigenvalue weighted by Gasteiger charge is -2.31. The number of aryl methyl sites for hydroxylation is 1. The summed E-state index contributed by atoms with van der Waals surface area (Å²) in [5.41, 5.74) is 6.80. The van der Waals surface area contributed by atoms with E-state index in [0.29, 0.717) is 5.92 Å². The predicted molar refractivity (Wildman–Crippen MR) is 76.4 cm³/mol. The molecule has 2 atom stereocenters. The van der Waals surface area contributed by atoms with Crippen molar-refractivity contribution in [1.82, 2.24) is 10.4 Å². The van der Waals surface area contributed by atoms with E-state index in [1.807, 2.05) is 18.3 Å². The van der Waals surface area contributed by atoms with Crippen LogP contribution in [0.2, 0.25) is 0 Å².